The molecule has 0 aromatic heterocycles. The zero-order valence-corrected chi connectivity index (χ0v) is 13.2. The van der Waals surface area contributed by atoms with Gasteiger partial charge in [-0.1, -0.05) is 11.6 Å². The molecule has 0 aliphatic carbocycles. The van der Waals surface area contributed by atoms with Crippen molar-refractivity contribution in [1.82, 2.24) is 10.2 Å². The molecule has 1 aliphatic heterocycles. The average Bonchev–Trinajstić information content (AvgIpc) is 2.36. The molecular weight excluding hydrogens is 369 g/mol. The van der Waals surface area contributed by atoms with Crippen LogP contribution in [0.3, 0.4) is 0 Å². The van der Waals surface area contributed by atoms with E-state index in [0.29, 0.717) is 25.2 Å². The van der Waals surface area contributed by atoms with Crippen LogP contribution in [0.2, 0.25) is 5.02 Å². The van der Waals surface area contributed by atoms with Crippen LogP contribution in [0, 0.1) is 0 Å². The van der Waals surface area contributed by atoms with E-state index < -0.39 is 29.5 Å². The smallest absolute Gasteiger partial charge is 0.314 e. The molecule has 0 radical (unpaired) electrons. The van der Waals surface area contributed by atoms with Gasteiger partial charge in [0.05, 0.1) is 5.56 Å². The van der Waals surface area contributed by atoms with E-state index in [2.05, 4.69) is 5.32 Å². The maximum atomic E-state index is 13.4. The molecule has 1 N–H and O–H groups in total. The summed E-state index contributed by atoms with van der Waals surface area (Å²) in [5, 5.41) is 2.54. The SMILES string of the molecule is Cl.FC(F)(F)c1cc(Cl)cc([C@H](N2CCNCC2)C(F)(F)F)c1. The van der Waals surface area contributed by atoms with Gasteiger partial charge in [0.25, 0.3) is 0 Å². The molecule has 0 unspecified atom stereocenters. The molecule has 23 heavy (non-hydrogen) atoms. The van der Waals surface area contributed by atoms with E-state index in [0.717, 1.165) is 11.0 Å². The summed E-state index contributed by atoms with van der Waals surface area (Å²) in [7, 11) is 0. The Hall–Kier alpha value is -0.700. The Balaban J connectivity index is 0.00000264. The van der Waals surface area contributed by atoms with E-state index in [-0.39, 0.29) is 30.5 Å². The van der Waals surface area contributed by atoms with E-state index in [1.165, 1.54) is 0 Å². The van der Waals surface area contributed by atoms with Crippen molar-refractivity contribution in [2.75, 3.05) is 26.2 Å². The van der Waals surface area contributed by atoms with Gasteiger partial charge in [-0.2, -0.15) is 26.3 Å². The van der Waals surface area contributed by atoms with Crippen molar-refractivity contribution in [2.45, 2.75) is 18.4 Å². The molecule has 1 fully saturated rings. The molecule has 0 bridgehead atoms. The summed E-state index contributed by atoms with van der Waals surface area (Å²) in [4.78, 5) is 1.11. The molecule has 1 aromatic carbocycles. The third kappa shape index (κ3) is 5.14. The van der Waals surface area contributed by atoms with Gasteiger partial charge in [0, 0.05) is 31.2 Å². The van der Waals surface area contributed by atoms with Crippen LogP contribution in [0.15, 0.2) is 18.2 Å². The number of hydrogen-bond donors (Lipinski definition) is 1. The molecule has 132 valence electrons. The third-order valence-corrected chi connectivity index (χ3v) is 3.61. The van der Waals surface area contributed by atoms with Crippen molar-refractivity contribution in [1.29, 1.82) is 0 Å². The van der Waals surface area contributed by atoms with Crippen LogP contribution in [-0.2, 0) is 6.18 Å². The zero-order chi connectivity index (χ0) is 16.5. The lowest BCUT2D eigenvalue weighted by Crippen LogP contribution is -2.49. The van der Waals surface area contributed by atoms with Crippen LogP contribution in [0.4, 0.5) is 26.3 Å². The number of rotatable bonds is 2. The molecule has 1 atom stereocenters. The number of nitrogens with one attached hydrogen (secondary N) is 1. The fraction of sp³-hybridized carbons (Fsp3) is 0.538. The molecule has 2 rings (SSSR count). The topological polar surface area (TPSA) is 15.3 Å². The molecule has 1 aromatic rings. The number of alkyl halides is 6. The molecule has 2 nitrogen and oxygen atoms in total. The first kappa shape index (κ1) is 20.3. The van der Waals surface area contributed by atoms with Gasteiger partial charge < -0.3 is 5.32 Å². The monoisotopic (exact) mass is 382 g/mol. The summed E-state index contributed by atoms with van der Waals surface area (Å²) in [5.41, 5.74) is -1.67. The van der Waals surface area contributed by atoms with Crippen molar-refractivity contribution in [3.8, 4) is 0 Å². The predicted octanol–water partition coefficient (Wildman–Crippen LogP) is 4.29. The van der Waals surface area contributed by atoms with Crippen molar-refractivity contribution in [3.05, 3.63) is 34.3 Å². The van der Waals surface area contributed by atoms with E-state index in [4.69, 9.17) is 11.6 Å². The maximum absolute atomic E-state index is 13.4. The van der Waals surface area contributed by atoms with Crippen LogP contribution in [-0.4, -0.2) is 37.3 Å². The Morgan fingerprint density at radius 3 is 2.04 bits per heavy atom. The van der Waals surface area contributed by atoms with E-state index in [9.17, 15) is 26.3 Å². The van der Waals surface area contributed by atoms with E-state index >= 15 is 0 Å². The normalized spacial score (nSPS) is 18.4. The molecule has 1 saturated heterocycles. The van der Waals surface area contributed by atoms with Crippen molar-refractivity contribution in [2.24, 2.45) is 0 Å². The predicted molar refractivity (Wildman–Crippen MR) is 76.9 cm³/mol. The highest BCUT2D eigenvalue weighted by atomic mass is 35.5. The Morgan fingerprint density at radius 2 is 1.57 bits per heavy atom. The first-order valence-corrected chi connectivity index (χ1v) is 6.86. The number of piperazine rings is 1. The van der Waals surface area contributed by atoms with Crippen molar-refractivity contribution < 1.29 is 26.3 Å². The fourth-order valence-corrected chi connectivity index (χ4v) is 2.72. The maximum Gasteiger partial charge on any atom is 0.416 e. The molecule has 10 heteroatoms. The third-order valence-electron chi connectivity index (χ3n) is 3.39. The van der Waals surface area contributed by atoms with Gasteiger partial charge in [0.1, 0.15) is 6.04 Å². The minimum Gasteiger partial charge on any atom is -0.314 e. The van der Waals surface area contributed by atoms with Crippen LogP contribution in [0.5, 0.6) is 0 Å². The summed E-state index contributed by atoms with van der Waals surface area (Å²) in [6.07, 6.45) is -9.44. The molecule has 0 amide bonds. The van der Waals surface area contributed by atoms with Gasteiger partial charge in [-0.25, -0.2) is 0 Å². The molecule has 0 saturated carbocycles. The highest BCUT2D eigenvalue weighted by Crippen LogP contribution is 2.41. The highest BCUT2D eigenvalue weighted by Gasteiger charge is 2.45. The van der Waals surface area contributed by atoms with Gasteiger partial charge in [-0.3, -0.25) is 4.90 Å². The summed E-state index contributed by atoms with van der Waals surface area (Å²) in [6.45, 7) is 0.884. The number of halogens is 8. The van der Waals surface area contributed by atoms with Crippen molar-refractivity contribution in [3.63, 3.8) is 0 Å². The Labute approximate surface area is 140 Å². The first-order chi connectivity index (χ1) is 10.1. The van der Waals surface area contributed by atoms with Crippen LogP contribution >= 0.6 is 24.0 Å². The van der Waals surface area contributed by atoms with E-state index in [1.807, 2.05) is 0 Å². The average molecular weight is 383 g/mol. The van der Waals surface area contributed by atoms with Gasteiger partial charge in [0.15, 0.2) is 0 Å². The minimum absolute atomic E-state index is 0. The summed E-state index contributed by atoms with van der Waals surface area (Å²) in [6, 6.07) is -0.0198. The second-order valence-electron chi connectivity index (χ2n) is 5.00. The lowest BCUT2D eigenvalue weighted by molar-refractivity contribution is -0.188. The summed E-state index contributed by atoms with van der Waals surface area (Å²) < 4.78 is 78.5. The minimum atomic E-state index is -4.75. The molecular formula is C13H14Cl2F6N2. The second kappa shape index (κ2) is 7.46. The summed E-state index contributed by atoms with van der Waals surface area (Å²) >= 11 is 5.59. The second-order valence-corrected chi connectivity index (χ2v) is 5.44. The standard InChI is InChI=1S/C13H13ClF6N2.ClH/c14-10-6-8(5-9(7-10)12(15,16)17)11(13(18,19)20)22-3-1-21-2-4-22;/h5-7,11,21H,1-4H2;1H/t11-;/m0./s1. The van der Waals surface area contributed by atoms with Gasteiger partial charge in [-0.15, -0.1) is 12.4 Å². The van der Waals surface area contributed by atoms with E-state index in [1.54, 1.807) is 0 Å². The van der Waals surface area contributed by atoms with Gasteiger partial charge in [0.2, 0.25) is 0 Å². The Bertz CT molecular complexity index is 526. The van der Waals surface area contributed by atoms with Crippen LogP contribution in [0.1, 0.15) is 17.2 Å². The number of hydrogen-bond acceptors (Lipinski definition) is 2. The number of nitrogens with zero attached hydrogens (tertiary/aromatic N) is 1. The summed E-state index contributed by atoms with van der Waals surface area (Å²) in [5.74, 6) is 0. The first-order valence-electron chi connectivity index (χ1n) is 6.48. The fourth-order valence-electron chi connectivity index (χ4n) is 2.48. The Morgan fingerprint density at radius 1 is 1.00 bits per heavy atom. The Kier molecular flexibility index (Phi) is 6.60. The van der Waals surface area contributed by atoms with Crippen molar-refractivity contribution >= 4 is 24.0 Å². The van der Waals surface area contributed by atoms with Crippen LogP contribution < -0.4 is 5.32 Å². The van der Waals surface area contributed by atoms with Crippen LogP contribution in [0.25, 0.3) is 0 Å². The quantitative estimate of drug-likeness (QED) is 0.767. The molecule has 1 aliphatic rings. The molecule has 0 spiro atoms. The highest BCUT2D eigenvalue weighted by molar-refractivity contribution is 6.30. The lowest BCUT2D eigenvalue weighted by atomic mass is 10.0. The van der Waals surface area contributed by atoms with Gasteiger partial charge >= 0.3 is 12.4 Å². The van der Waals surface area contributed by atoms with Gasteiger partial charge in [-0.05, 0) is 23.8 Å². The zero-order valence-electron chi connectivity index (χ0n) is 11.6. The largest absolute Gasteiger partial charge is 0.416 e. The lowest BCUT2D eigenvalue weighted by Gasteiger charge is -2.36. The molecule has 1 heterocycles. The number of benzene rings is 1.